The molecule has 1 atom stereocenters. The van der Waals surface area contributed by atoms with E-state index in [1.165, 1.54) is 0 Å². The van der Waals surface area contributed by atoms with Crippen LogP contribution >= 0.6 is 0 Å². The molecule has 0 heterocycles. The molecule has 0 aromatic carbocycles. The van der Waals surface area contributed by atoms with E-state index in [9.17, 15) is 0 Å². The number of rotatable bonds is 6. The molecule has 0 amide bonds. The molecule has 0 saturated heterocycles. The third-order valence-corrected chi connectivity index (χ3v) is 1.55. The quantitative estimate of drug-likeness (QED) is 0.550. The Kier molecular flexibility index (Phi) is 6.98. The van der Waals surface area contributed by atoms with Crippen LogP contribution < -0.4 is 0 Å². The lowest BCUT2D eigenvalue weighted by molar-refractivity contribution is 0.157. The fraction of sp³-hybridized carbons (Fsp3) is 0.875. The highest BCUT2D eigenvalue weighted by Gasteiger charge is 1.98. The van der Waals surface area contributed by atoms with Gasteiger partial charge in [0.2, 0.25) is 0 Å². The standard InChI is InChI=1S/C8H17O2/c1-2-8(10)6-4-3-5-7-9/h5,8-10H,2-4,6-7H2,1H3. The lowest BCUT2D eigenvalue weighted by atomic mass is 10.1. The maximum Gasteiger partial charge on any atom is 0.0537 e. The van der Waals surface area contributed by atoms with Gasteiger partial charge in [-0.3, -0.25) is 0 Å². The van der Waals surface area contributed by atoms with Crippen molar-refractivity contribution in [3.05, 3.63) is 6.42 Å². The molecule has 0 aromatic heterocycles. The average molecular weight is 145 g/mol. The van der Waals surface area contributed by atoms with Crippen molar-refractivity contribution >= 4 is 0 Å². The summed E-state index contributed by atoms with van der Waals surface area (Å²) in [6.45, 7) is 2.13. The minimum Gasteiger partial charge on any atom is -0.396 e. The zero-order valence-corrected chi connectivity index (χ0v) is 6.58. The lowest BCUT2D eigenvalue weighted by Gasteiger charge is -2.05. The highest BCUT2D eigenvalue weighted by atomic mass is 16.3. The zero-order valence-electron chi connectivity index (χ0n) is 6.58. The molecule has 0 saturated carbocycles. The van der Waals surface area contributed by atoms with Crippen molar-refractivity contribution < 1.29 is 10.2 Å². The number of unbranched alkanes of at least 4 members (excludes halogenated alkanes) is 2. The molecule has 0 aliphatic carbocycles. The maximum absolute atomic E-state index is 9.08. The number of hydrogen-bond donors (Lipinski definition) is 2. The van der Waals surface area contributed by atoms with Gasteiger partial charge >= 0.3 is 0 Å². The first-order valence-electron chi connectivity index (χ1n) is 3.91. The van der Waals surface area contributed by atoms with Gasteiger partial charge in [-0.05, 0) is 25.7 Å². The van der Waals surface area contributed by atoms with E-state index < -0.39 is 0 Å². The van der Waals surface area contributed by atoms with Crippen LogP contribution in [0.3, 0.4) is 0 Å². The summed E-state index contributed by atoms with van der Waals surface area (Å²) in [4.78, 5) is 0. The van der Waals surface area contributed by atoms with Gasteiger partial charge in [0, 0.05) is 6.61 Å². The second-order valence-corrected chi connectivity index (χ2v) is 2.46. The Hall–Kier alpha value is -0.0800. The van der Waals surface area contributed by atoms with Crippen LogP contribution in [0.15, 0.2) is 0 Å². The Bertz CT molecular complexity index is 64.3. The Labute approximate surface area is 62.9 Å². The summed E-state index contributed by atoms with van der Waals surface area (Å²) in [5.74, 6) is 0. The summed E-state index contributed by atoms with van der Waals surface area (Å²) < 4.78 is 0. The van der Waals surface area contributed by atoms with Gasteiger partial charge in [0.15, 0.2) is 0 Å². The number of aliphatic hydroxyl groups is 2. The van der Waals surface area contributed by atoms with Gasteiger partial charge in [-0.2, -0.15) is 0 Å². The van der Waals surface area contributed by atoms with Gasteiger partial charge in [0.25, 0.3) is 0 Å². The van der Waals surface area contributed by atoms with Crippen LogP contribution in [-0.4, -0.2) is 22.9 Å². The molecule has 0 rings (SSSR count). The first-order chi connectivity index (χ1) is 4.81. The van der Waals surface area contributed by atoms with E-state index in [2.05, 4.69) is 0 Å². The fourth-order valence-electron chi connectivity index (χ4n) is 0.793. The Morgan fingerprint density at radius 1 is 1.50 bits per heavy atom. The molecule has 0 aliphatic heterocycles. The van der Waals surface area contributed by atoms with Crippen LogP contribution in [0.25, 0.3) is 0 Å². The molecular weight excluding hydrogens is 128 g/mol. The molecule has 1 radical (unpaired) electrons. The third-order valence-electron chi connectivity index (χ3n) is 1.55. The molecule has 0 fully saturated rings. The van der Waals surface area contributed by atoms with E-state index in [1.54, 1.807) is 0 Å². The molecule has 0 spiro atoms. The smallest absolute Gasteiger partial charge is 0.0537 e. The highest BCUT2D eigenvalue weighted by molar-refractivity contribution is 4.63. The SMILES string of the molecule is CCC(O)CCC[CH]CO. The van der Waals surface area contributed by atoms with Gasteiger partial charge in [-0.25, -0.2) is 0 Å². The normalized spacial score (nSPS) is 13.5. The molecular formula is C8H17O2. The largest absolute Gasteiger partial charge is 0.396 e. The topological polar surface area (TPSA) is 40.5 Å². The van der Waals surface area contributed by atoms with Crippen LogP contribution in [-0.2, 0) is 0 Å². The van der Waals surface area contributed by atoms with E-state index >= 15 is 0 Å². The summed E-state index contributed by atoms with van der Waals surface area (Å²) >= 11 is 0. The molecule has 2 heteroatoms. The third kappa shape index (κ3) is 6.05. The van der Waals surface area contributed by atoms with Crippen molar-refractivity contribution in [1.82, 2.24) is 0 Å². The van der Waals surface area contributed by atoms with Gasteiger partial charge in [-0.1, -0.05) is 13.3 Å². The minimum atomic E-state index is -0.146. The molecule has 0 aromatic rings. The molecule has 10 heavy (non-hydrogen) atoms. The molecule has 2 nitrogen and oxygen atoms in total. The molecule has 0 bridgehead atoms. The first-order valence-corrected chi connectivity index (χ1v) is 3.91. The second-order valence-electron chi connectivity index (χ2n) is 2.46. The fourth-order valence-corrected chi connectivity index (χ4v) is 0.793. The van der Waals surface area contributed by atoms with E-state index in [1.807, 2.05) is 13.3 Å². The summed E-state index contributed by atoms with van der Waals surface area (Å²) in [5, 5.41) is 17.5. The van der Waals surface area contributed by atoms with E-state index in [0.29, 0.717) is 0 Å². The zero-order chi connectivity index (χ0) is 7.82. The van der Waals surface area contributed by atoms with E-state index in [4.69, 9.17) is 10.2 Å². The Balaban J connectivity index is 2.89. The van der Waals surface area contributed by atoms with Crippen LogP contribution in [0.5, 0.6) is 0 Å². The van der Waals surface area contributed by atoms with Gasteiger partial charge in [0.05, 0.1) is 6.10 Å². The van der Waals surface area contributed by atoms with Crippen molar-refractivity contribution in [2.75, 3.05) is 6.61 Å². The van der Waals surface area contributed by atoms with Crippen LogP contribution in [0.2, 0.25) is 0 Å². The molecule has 61 valence electrons. The van der Waals surface area contributed by atoms with Crippen molar-refractivity contribution in [3.63, 3.8) is 0 Å². The predicted molar refractivity (Wildman–Crippen MR) is 41.5 cm³/mol. The van der Waals surface area contributed by atoms with Crippen molar-refractivity contribution in [1.29, 1.82) is 0 Å². The van der Waals surface area contributed by atoms with Crippen LogP contribution in [0, 0.1) is 6.42 Å². The summed E-state index contributed by atoms with van der Waals surface area (Å²) in [5.41, 5.74) is 0. The average Bonchev–Trinajstić information content (AvgIpc) is 1.98. The molecule has 2 N–H and O–H groups in total. The van der Waals surface area contributed by atoms with Crippen molar-refractivity contribution in [3.8, 4) is 0 Å². The highest BCUT2D eigenvalue weighted by Crippen LogP contribution is 2.04. The number of aliphatic hydroxyl groups excluding tert-OH is 2. The van der Waals surface area contributed by atoms with Crippen molar-refractivity contribution in [2.45, 2.75) is 38.7 Å². The predicted octanol–water partition coefficient (Wildman–Crippen LogP) is 1.12. The van der Waals surface area contributed by atoms with E-state index in [-0.39, 0.29) is 12.7 Å². The minimum absolute atomic E-state index is 0.146. The van der Waals surface area contributed by atoms with Crippen LogP contribution in [0.1, 0.15) is 32.6 Å². The number of hydrogen-bond acceptors (Lipinski definition) is 2. The Morgan fingerprint density at radius 3 is 2.70 bits per heavy atom. The van der Waals surface area contributed by atoms with Crippen LogP contribution in [0.4, 0.5) is 0 Å². The molecule has 1 unspecified atom stereocenters. The van der Waals surface area contributed by atoms with Gasteiger partial charge in [0.1, 0.15) is 0 Å². The summed E-state index contributed by atoms with van der Waals surface area (Å²) in [6, 6.07) is 0. The van der Waals surface area contributed by atoms with Gasteiger partial charge in [-0.15, -0.1) is 0 Å². The summed E-state index contributed by atoms with van der Waals surface area (Å²) in [6.07, 6.45) is 5.25. The lowest BCUT2D eigenvalue weighted by Crippen LogP contribution is -2.03. The summed E-state index contributed by atoms with van der Waals surface area (Å²) in [7, 11) is 0. The first kappa shape index (κ1) is 9.92. The van der Waals surface area contributed by atoms with E-state index in [0.717, 1.165) is 25.7 Å². The maximum atomic E-state index is 9.08. The monoisotopic (exact) mass is 145 g/mol. The molecule has 0 aliphatic rings. The Morgan fingerprint density at radius 2 is 2.20 bits per heavy atom. The second kappa shape index (κ2) is 7.03. The van der Waals surface area contributed by atoms with Gasteiger partial charge < -0.3 is 10.2 Å². The van der Waals surface area contributed by atoms with Crippen molar-refractivity contribution in [2.24, 2.45) is 0 Å².